The van der Waals surface area contributed by atoms with Crippen LogP contribution in [0, 0.1) is 17.8 Å². The molecule has 0 aliphatic heterocycles. The summed E-state index contributed by atoms with van der Waals surface area (Å²) in [6.07, 6.45) is 3.37. The van der Waals surface area contributed by atoms with E-state index in [9.17, 15) is 4.79 Å². The van der Waals surface area contributed by atoms with Crippen molar-refractivity contribution in [2.24, 2.45) is 17.8 Å². The highest BCUT2D eigenvalue weighted by atomic mass is 16.1. The Labute approximate surface area is 100 Å². The molecule has 0 N–H and O–H groups in total. The van der Waals surface area contributed by atoms with Crippen molar-refractivity contribution in [1.29, 1.82) is 0 Å². The van der Waals surface area contributed by atoms with Crippen LogP contribution in [0.25, 0.3) is 0 Å². The zero-order chi connectivity index (χ0) is 12.5. The van der Waals surface area contributed by atoms with Crippen molar-refractivity contribution in [3.63, 3.8) is 0 Å². The Kier molecular flexibility index (Phi) is 4.17. The van der Waals surface area contributed by atoms with Gasteiger partial charge in [0.25, 0.3) is 0 Å². The molecule has 0 heterocycles. The summed E-state index contributed by atoms with van der Waals surface area (Å²) in [5.74, 6) is 2.19. The van der Waals surface area contributed by atoms with Gasteiger partial charge in [-0.3, -0.25) is 9.69 Å². The Morgan fingerprint density at radius 2 is 1.69 bits per heavy atom. The molecule has 0 aromatic rings. The summed E-state index contributed by atoms with van der Waals surface area (Å²) in [4.78, 5) is 14.5. The van der Waals surface area contributed by atoms with E-state index in [0.717, 1.165) is 18.8 Å². The van der Waals surface area contributed by atoms with Crippen LogP contribution >= 0.6 is 0 Å². The van der Waals surface area contributed by atoms with E-state index >= 15 is 0 Å². The first kappa shape index (κ1) is 13.7. The van der Waals surface area contributed by atoms with Crippen molar-refractivity contribution in [3.8, 4) is 0 Å². The predicted molar refractivity (Wildman–Crippen MR) is 68.4 cm³/mol. The molecule has 2 heteroatoms. The van der Waals surface area contributed by atoms with Crippen LogP contribution in [-0.2, 0) is 4.79 Å². The van der Waals surface area contributed by atoms with Gasteiger partial charge in [-0.2, -0.15) is 0 Å². The van der Waals surface area contributed by atoms with Gasteiger partial charge in [-0.05, 0) is 59.0 Å². The first-order valence-electron chi connectivity index (χ1n) is 6.48. The second kappa shape index (κ2) is 4.87. The number of carbonyl (C=O) groups excluding carboxylic acids is 1. The van der Waals surface area contributed by atoms with E-state index in [-0.39, 0.29) is 11.5 Å². The molecule has 2 nitrogen and oxygen atoms in total. The molecule has 1 aliphatic carbocycles. The number of hydrogen-bond acceptors (Lipinski definition) is 2. The minimum absolute atomic E-state index is 0.281. The van der Waals surface area contributed by atoms with E-state index < -0.39 is 0 Å². The lowest BCUT2D eigenvalue weighted by Gasteiger charge is -2.38. The molecule has 1 aliphatic rings. The zero-order valence-electron chi connectivity index (χ0n) is 11.7. The van der Waals surface area contributed by atoms with E-state index in [1.807, 2.05) is 32.8 Å². The van der Waals surface area contributed by atoms with Crippen LogP contribution in [0.3, 0.4) is 0 Å². The molecule has 94 valence electrons. The highest BCUT2D eigenvalue weighted by molar-refractivity contribution is 5.89. The van der Waals surface area contributed by atoms with Gasteiger partial charge in [0, 0.05) is 5.92 Å². The number of carbonyl (C=O) groups is 1. The van der Waals surface area contributed by atoms with Crippen LogP contribution in [-0.4, -0.2) is 30.3 Å². The number of Topliss-reactive ketones (excluding diaryl/α,β-unsaturated/α-hetero) is 1. The Morgan fingerprint density at radius 1 is 1.12 bits per heavy atom. The van der Waals surface area contributed by atoms with Crippen LogP contribution in [0.1, 0.15) is 47.0 Å². The molecule has 1 saturated carbocycles. The Hall–Kier alpha value is -0.370. The summed E-state index contributed by atoms with van der Waals surface area (Å²) in [5, 5.41) is 0. The fourth-order valence-electron chi connectivity index (χ4n) is 2.51. The smallest absolute Gasteiger partial charge is 0.155 e. The van der Waals surface area contributed by atoms with E-state index in [1.54, 1.807) is 0 Å². The van der Waals surface area contributed by atoms with Crippen LogP contribution in [0.5, 0.6) is 0 Å². The third kappa shape index (κ3) is 2.65. The Balaban J connectivity index is 2.69. The highest BCUT2D eigenvalue weighted by Crippen LogP contribution is 2.36. The van der Waals surface area contributed by atoms with Crippen molar-refractivity contribution in [3.05, 3.63) is 0 Å². The summed E-state index contributed by atoms with van der Waals surface area (Å²) >= 11 is 0. The van der Waals surface area contributed by atoms with Gasteiger partial charge in [-0.15, -0.1) is 0 Å². The lowest BCUT2D eigenvalue weighted by molar-refractivity contribution is -0.134. The van der Waals surface area contributed by atoms with Gasteiger partial charge in [-0.25, -0.2) is 0 Å². The minimum Gasteiger partial charge on any atom is -0.298 e. The number of likely N-dealkylation sites (N-methyl/N-ethyl adjacent to an activating group) is 1. The van der Waals surface area contributed by atoms with E-state index in [4.69, 9.17) is 0 Å². The van der Waals surface area contributed by atoms with Gasteiger partial charge < -0.3 is 0 Å². The molecule has 16 heavy (non-hydrogen) atoms. The van der Waals surface area contributed by atoms with Crippen molar-refractivity contribution < 1.29 is 4.79 Å². The number of ketones is 1. The highest BCUT2D eigenvalue weighted by Gasteiger charge is 2.38. The number of hydrogen-bond donors (Lipinski definition) is 0. The molecule has 0 saturated heterocycles. The zero-order valence-corrected chi connectivity index (χ0v) is 11.7. The second-order valence-electron chi connectivity index (χ2n) is 6.28. The monoisotopic (exact) mass is 225 g/mol. The third-order valence-electron chi connectivity index (χ3n) is 4.69. The van der Waals surface area contributed by atoms with Gasteiger partial charge in [0.2, 0.25) is 0 Å². The van der Waals surface area contributed by atoms with Gasteiger partial charge in [0.1, 0.15) is 0 Å². The molecule has 1 fully saturated rings. The minimum atomic E-state index is -0.315. The molecule has 0 radical (unpaired) electrons. The van der Waals surface area contributed by atoms with Gasteiger partial charge >= 0.3 is 0 Å². The lowest BCUT2D eigenvalue weighted by Crippen LogP contribution is -2.49. The molecule has 0 bridgehead atoms. The summed E-state index contributed by atoms with van der Waals surface area (Å²) in [6.45, 7) is 8.67. The lowest BCUT2D eigenvalue weighted by atomic mass is 9.71. The second-order valence-corrected chi connectivity index (χ2v) is 6.28. The standard InChI is InChI=1S/C14H27NO/c1-10-7-8-12(9-11(10)2)13(16)14(3,4)15(5)6/h10-12H,7-9H2,1-6H3. The van der Waals surface area contributed by atoms with Gasteiger partial charge in [0.15, 0.2) is 5.78 Å². The Bertz CT molecular complexity index is 257. The van der Waals surface area contributed by atoms with E-state index in [0.29, 0.717) is 11.7 Å². The maximum atomic E-state index is 12.5. The van der Waals surface area contributed by atoms with Crippen LogP contribution < -0.4 is 0 Å². The summed E-state index contributed by atoms with van der Waals surface area (Å²) in [7, 11) is 3.99. The number of rotatable bonds is 3. The third-order valence-corrected chi connectivity index (χ3v) is 4.69. The largest absolute Gasteiger partial charge is 0.298 e. The van der Waals surface area contributed by atoms with Crippen molar-refractivity contribution in [2.45, 2.75) is 52.5 Å². The van der Waals surface area contributed by atoms with E-state index in [2.05, 4.69) is 13.8 Å². The molecule has 3 unspecified atom stereocenters. The fraction of sp³-hybridized carbons (Fsp3) is 0.929. The molecule has 0 aromatic carbocycles. The number of nitrogens with zero attached hydrogens (tertiary/aromatic N) is 1. The van der Waals surface area contributed by atoms with Crippen molar-refractivity contribution in [2.75, 3.05) is 14.1 Å². The summed E-state index contributed by atoms with van der Waals surface area (Å²) in [6, 6.07) is 0. The molecule has 0 aromatic heterocycles. The Morgan fingerprint density at radius 3 is 2.12 bits per heavy atom. The predicted octanol–water partition coefficient (Wildman–Crippen LogP) is 2.97. The van der Waals surface area contributed by atoms with Crippen LogP contribution in [0.2, 0.25) is 0 Å². The average Bonchev–Trinajstić information content (AvgIpc) is 2.20. The SMILES string of the molecule is CC1CCC(C(=O)C(C)(C)N(C)C)CC1C. The average molecular weight is 225 g/mol. The van der Waals surface area contributed by atoms with Gasteiger partial charge in [0.05, 0.1) is 5.54 Å². The molecule has 0 amide bonds. The first-order chi connectivity index (χ1) is 7.26. The van der Waals surface area contributed by atoms with Crippen molar-refractivity contribution in [1.82, 2.24) is 4.90 Å². The quantitative estimate of drug-likeness (QED) is 0.736. The molecule has 1 rings (SSSR count). The van der Waals surface area contributed by atoms with Crippen molar-refractivity contribution >= 4 is 5.78 Å². The maximum Gasteiger partial charge on any atom is 0.155 e. The van der Waals surface area contributed by atoms with Crippen LogP contribution in [0.15, 0.2) is 0 Å². The topological polar surface area (TPSA) is 20.3 Å². The molecular weight excluding hydrogens is 198 g/mol. The van der Waals surface area contributed by atoms with E-state index in [1.165, 1.54) is 6.42 Å². The molecule has 0 spiro atoms. The summed E-state index contributed by atoms with van der Waals surface area (Å²) in [5.41, 5.74) is -0.315. The van der Waals surface area contributed by atoms with Gasteiger partial charge in [-0.1, -0.05) is 13.8 Å². The molecular formula is C14H27NO. The first-order valence-corrected chi connectivity index (χ1v) is 6.48. The van der Waals surface area contributed by atoms with Crippen LogP contribution in [0.4, 0.5) is 0 Å². The fourth-order valence-corrected chi connectivity index (χ4v) is 2.51. The summed E-state index contributed by atoms with van der Waals surface area (Å²) < 4.78 is 0. The maximum absolute atomic E-state index is 12.5. The normalized spacial score (nSPS) is 31.8. The molecule has 3 atom stereocenters.